The summed E-state index contributed by atoms with van der Waals surface area (Å²) < 4.78 is 0. The van der Waals surface area contributed by atoms with Crippen LogP contribution in [-0.2, 0) is 0 Å². The van der Waals surface area contributed by atoms with Gasteiger partial charge in [-0.05, 0) is 18.8 Å². The zero-order valence-corrected chi connectivity index (χ0v) is 6.71. The van der Waals surface area contributed by atoms with Crippen LogP contribution in [0.25, 0.3) is 0 Å². The minimum atomic E-state index is 0.291. The van der Waals surface area contributed by atoms with Gasteiger partial charge in [0, 0.05) is 12.6 Å². The third-order valence-corrected chi connectivity index (χ3v) is 2.72. The Labute approximate surface area is 67.6 Å². The third kappa shape index (κ3) is 1.72. The Bertz CT molecular complexity index is 178. The Morgan fingerprint density at radius 2 is 2.27 bits per heavy atom. The quantitative estimate of drug-likeness (QED) is 0.643. The van der Waals surface area contributed by atoms with E-state index >= 15 is 0 Å². The predicted molar refractivity (Wildman–Crippen MR) is 42.9 cm³/mol. The molecule has 1 N–H and O–H groups in total. The van der Waals surface area contributed by atoms with Gasteiger partial charge in [-0.25, -0.2) is 0 Å². The summed E-state index contributed by atoms with van der Waals surface area (Å²) in [6.07, 6.45) is 5.26. The maximum absolute atomic E-state index is 8.64. The monoisotopic (exact) mass is 150 g/mol. The van der Waals surface area contributed by atoms with E-state index < -0.39 is 0 Å². The van der Waals surface area contributed by atoms with Gasteiger partial charge in [-0.3, -0.25) is 0 Å². The highest BCUT2D eigenvalue weighted by Gasteiger charge is 2.30. The largest absolute Gasteiger partial charge is 0.313 e. The fraction of sp³-hybridized carbons (Fsp3) is 0.889. The van der Waals surface area contributed by atoms with Crippen LogP contribution in [-0.4, -0.2) is 12.6 Å². The minimum absolute atomic E-state index is 0.291. The molecule has 0 bridgehead atoms. The molecule has 2 heteroatoms. The highest BCUT2D eigenvalue weighted by molar-refractivity contribution is 4.95. The summed E-state index contributed by atoms with van der Waals surface area (Å²) in [5, 5.41) is 12.0. The van der Waals surface area contributed by atoms with Gasteiger partial charge in [-0.2, -0.15) is 5.26 Å². The molecule has 11 heavy (non-hydrogen) atoms. The number of rotatable bonds is 2. The Morgan fingerprint density at radius 3 is 2.82 bits per heavy atom. The molecule has 2 aliphatic rings. The van der Waals surface area contributed by atoms with E-state index in [0.29, 0.717) is 12.0 Å². The van der Waals surface area contributed by atoms with Gasteiger partial charge in [0.25, 0.3) is 0 Å². The maximum Gasteiger partial charge on any atom is 0.0669 e. The van der Waals surface area contributed by atoms with Crippen molar-refractivity contribution in [3.05, 3.63) is 0 Å². The van der Waals surface area contributed by atoms with Crippen molar-refractivity contribution >= 4 is 0 Å². The molecular formula is C9H14N2. The van der Waals surface area contributed by atoms with E-state index in [9.17, 15) is 0 Å². The molecule has 60 valence electrons. The van der Waals surface area contributed by atoms with Crippen LogP contribution >= 0.6 is 0 Å². The van der Waals surface area contributed by atoms with E-state index in [-0.39, 0.29) is 0 Å². The zero-order chi connectivity index (χ0) is 7.68. The molecule has 1 saturated heterocycles. The smallest absolute Gasteiger partial charge is 0.0669 e. The lowest BCUT2D eigenvalue weighted by Crippen LogP contribution is -2.21. The number of hydrogen-bond acceptors (Lipinski definition) is 2. The molecule has 0 aromatic heterocycles. The van der Waals surface area contributed by atoms with Crippen LogP contribution in [0.15, 0.2) is 0 Å². The first kappa shape index (κ1) is 7.12. The van der Waals surface area contributed by atoms with Gasteiger partial charge < -0.3 is 5.32 Å². The van der Waals surface area contributed by atoms with Crippen LogP contribution < -0.4 is 5.32 Å². The summed E-state index contributed by atoms with van der Waals surface area (Å²) in [5.74, 6) is 1.28. The minimum Gasteiger partial charge on any atom is -0.313 e. The lowest BCUT2D eigenvalue weighted by Gasteiger charge is -2.06. The lowest BCUT2D eigenvalue weighted by atomic mass is 10.0. The van der Waals surface area contributed by atoms with Crippen LogP contribution in [0.1, 0.15) is 25.7 Å². The topological polar surface area (TPSA) is 35.8 Å². The molecule has 2 fully saturated rings. The van der Waals surface area contributed by atoms with E-state index in [1.165, 1.54) is 19.3 Å². The second kappa shape index (κ2) is 2.83. The highest BCUT2D eigenvalue weighted by atomic mass is 14.9. The molecule has 2 atom stereocenters. The molecule has 0 aromatic carbocycles. The van der Waals surface area contributed by atoms with Gasteiger partial charge in [-0.15, -0.1) is 0 Å². The molecule has 1 aliphatic heterocycles. The first-order valence-electron chi connectivity index (χ1n) is 4.51. The van der Waals surface area contributed by atoms with Crippen LogP contribution in [0.3, 0.4) is 0 Å². The maximum atomic E-state index is 8.64. The Hall–Kier alpha value is -0.550. The van der Waals surface area contributed by atoms with E-state index in [1.807, 2.05) is 0 Å². The van der Waals surface area contributed by atoms with Crippen molar-refractivity contribution in [1.82, 2.24) is 5.32 Å². The second-order valence-electron chi connectivity index (χ2n) is 3.85. The van der Waals surface area contributed by atoms with Crippen molar-refractivity contribution in [3.8, 4) is 6.07 Å². The first-order chi connectivity index (χ1) is 5.38. The number of nitriles is 1. The molecule has 1 saturated carbocycles. The Morgan fingerprint density at radius 1 is 1.45 bits per heavy atom. The van der Waals surface area contributed by atoms with Crippen molar-refractivity contribution in [2.75, 3.05) is 6.54 Å². The van der Waals surface area contributed by atoms with Crippen LogP contribution in [0.2, 0.25) is 0 Å². The van der Waals surface area contributed by atoms with Crippen molar-refractivity contribution in [3.63, 3.8) is 0 Å². The van der Waals surface area contributed by atoms with Crippen molar-refractivity contribution < 1.29 is 0 Å². The molecule has 0 aromatic rings. The molecule has 0 spiro atoms. The number of nitrogens with zero attached hydrogens (tertiary/aromatic N) is 1. The van der Waals surface area contributed by atoms with Gasteiger partial charge in [0.15, 0.2) is 0 Å². The molecule has 1 heterocycles. The number of hydrogen-bond donors (Lipinski definition) is 1. The fourth-order valence-corrected chi connectivity index (χ4v) is 1.85. The zero-order valence-electron chi connectivity index (χ0n) is 6.71. The lowest BCUT2D eigenvalue weighted by molar-refractivity contribution is 0.518. The predicted octanol–water partition coefficient (Wildman–Crippen LogP) is 1.29. The summed E-state index contributed by atoms with van der Waals surface area (Å²) in [6, 6.07) is 2.98. The average Bonchev–Trinajstić information content (AvgIpc) is 2.68. The van der Waals surface area contributed by atoms with Gasteiger partial charge in [0.1, 0.15) is 0 Å². The SMILES string of the molecule is N#CC1CNC(CC2CC2)C1. The van der Waals surface area contributed by atoms with Gasteiger partial charge >= 0.3 is 0 Å². The van der Waals surface area contributed by atoms with Crippen molar-refractivity contribution in [1.29, 1.82) is 5.26 Å². The molecule has 0 amide bonds. The molecule has 0 radical (unpaired) electrons. The van der Waals surface area contributed by atoms with Crippen LogP contribution in [0.4, 0.5) is 0 Å². The summed E-state index contributed by atoms with van der Waals surface area (Å²) in [7, 11) is 0. The standard InChI is InChI=1S/C9H14N2/c10-5-8-4-9(11-6-8)3-7-1-2-7/h7-9,11H,1-4,6H2. The van der Waals surface area contributed by atoms with E-state index in [1.54, 1.807) is 0 Å². The normalized spacial score (nSPS) is 37.0. The fourth-order valence-electron chi connectivity index (χ4n) is 1.85. The summed E-state index contributed by atoms with van der Waals surface area (Å²) in [6.45, 7) is 0.924. The second-order valence-corrected chi connectivity index (χ2v) is 3.85. The van der Waals surface area contributed by atoms with Crippen molar-refractivity contribution in [2.24, 2.45) is 11.8 Å². The van der Waals surface area contributed by atoms with Gasteiger partial charge in [0.05, 0.1) is 12.0 Å². The van der Waals surface area contributed by atoms with Crippen LogP contribution in [0.5, 0.6) is 0 Å². The third-order valence-electron chi connectivity index (χ3n) is 2.72. The van der Waals surface area contributed by atoms with E-state index in [4.69, 9.17) is 5.26 Å². The van der Waals surface area contributed by atoms with Gasteiger partial charge in [-0.1, -0.05) is 12.8 Å². The van der Waals surface area contributed by atoms with Gasteiger partial charge in [0.2, 0.25) is 0 Å². The Balaban J connectivity index is 1.75. The summed E-state index contributed by atoms with van der Waals surface area (Å²) in [5.41, 5.74) is 0. The molecular weight excluding hydrogens is 136 g/mol. The summed E-state index contributed by atoms with van der Waals surface area (Å²) >= 11 is 0. The highest BCUT2D eigenvalue weighted by Crippen LogP contribution is 2.35. The Kier molecular flexibility index (Phi) is 1.83. The van der Waals surface area contributed by atoms with E-state index in [2.05, 4.69) is 11.4 Å². The van der Waals surface area contributed by atoms with Crippen molar-refractivity contribution in [2.45, 2.75) is 31.7 Å². The molecule has 2 unspecified atom stereocenters. The summed E-state index contributed by atoms with van der Waals surface area (Å²) in [4.78, 5) is 0. The van der Waals surface area contributed by atoms with E-state index in [0.717, 1.165) is 18.9 Å². The molecule has 1 aliphatic carbocycles. The number of nitrogens with one attached hydrogen (secondary N) is 1. The molecule has 2 rings (SSSR count). The first-order valence-corrected chi connectivity index (χ1v) is 4.51. The average molecular weight is 150 g/mol. The van der Waals surface area contributed by atoms with Crippen LogP contribution in [0, 0.1) is 23.2 Å². The molecule has 2 nitrogen and oxygen atoms in total.